The summed E-state index contributed by atoms with van der Waals surface area (Å²) in [5.41, 5.74) is 5.81. The van der Waals surface area contributed by atoms with Crippen molar-refractivity contribution in [2.75, 3.05) is 31.6 Å². The van der Waals surface area contributed by atoms with Crippen LogP contribution in [0.1, 0.15) is 17.5 Å². The van der Waals surface area contributed by atoms with E-state index in [1.807, 2.05) is 6.92 Å². The minimum atomic E-state index is -0.303. The average Bonchev–Trinajstić information content (AvgIpc) is 2.78. The van der Waals surface area contributed by atoms with Gasteiger partial charge in [-0.25, -0.2) is 4.39 Å². The van der Waals surface area contributed by atoms with Crippen molar-refractivity contribution in [3.63, 3.8) is 0 Å². The molecule has 2 aromatic rings. The van der Waals surface area contributed by atoms with E-state index in [1.54, 1.807) is 12.1 Å². The molecular weight excluding hydrogens is 303 g/mol. The number of methoxy groups -OCH3 is 1. The quantitative estimate of drug-likeness (QED) is 0.914. The molecule has 0 aliphatic carbocycles. The number of rotatable bonds is 2. The Labute approximate surface area is 142 Å². The SMILES string of the molecule is COc1cc(C)c(-c2cccc3c2N2CCNCCC2C3)cc1F. The van der Waals surface area contributed by atoms with Crippen LogP contribution in [0.3, 0.4) is 0 Å². The summed E-state index contributed by atoms with van der Waals surface area (Å²) in [6, 6.07) is 10.4. The smallest absolute Gasteiger partial charge is 0.165 e. The van der Waals surface area contributed by atoms with Gasteiger partial charge in [0.05, 0.1) is 7.11 Å². The molecule has 126 valence electrons. The van der Waals surface area contributed by atoms with Gasteiger partial charge in [-0.2, -0.15) is 0 Å². The highest BCUT2D eigenvalue weighted by Crippen LogP contribution is 2.43. The number of fused-ring (bicyclic) bond motifs is 3. The number of benzene rings is 2. The van der Waals surface area contributed by atoms with Crippen LogP contribution in [0.5, 0.6) is 5.75 Å². The first-order chi connectivity index (χ1) is 11.7. The maximum atomic E-state index is 14.3. The largest absolute Gasteiger partial charge is 0.494 e. The van der Waals surface area contributed by atoms with E-state index >= 15 is 0 Å². The molecule has 2 heterocycles. The molecule has 2 aliphatic heterocycles. The number of halogens is 1. The van der Waals surface area contributed by atoms with Gasteiger partial charge in [0, 0.05) is 30.4 Å². The molecule has 0 saturated carbocycles. The lowest BCUT2D eigenvalue weighted by molar-refractivity contribution is 0.386. The lowest BCUT2D eigenvalue weighted by atomic mass is 9.96. The van der Waals surface area contributed by atoms with Gasteiger partial charge in [0.2, 0.25) is 0 Å². The first kappa shape index (κ1) is 15.5. The molecule has 3 nitrogen and oxygen atoms in total. The second-order valence-electron chi connectivity index (χ2n) is 6.70. The van der Waals surface area contributed by atoms with Crippen molar-refractivity contribution in [1.82, 2.24) is 5.32 Å². The number of nitrogens with one attached hydrogen (secondary N) is 1. The van der Waals surface area contributed by atoms with Crippen molar-refractivity contribution in [2.24, 2.45) is 0 Å². The molecule has 1 fully saturated rings. The number of nitrogens with zero attached hydrogens (tertiary/aromatic N) is 1. The molecule has 1 saturated heterocycles. The molecule has 0 spiro atoms. The molecule has 1 N–H and O–H groups in total. The Kier molecular flexibility index (Phi) is 3.93. The highest BCUT2D eigenvalue weighted by Gasteiger charge is 2.32. The van der Waals surface area contributed by atoms with Gasteiger partial charge in [-0.1, -0.05) is 18.2 Å². The van der Waals surface area contributed by atoms with E-state index in [0.29, 0.717) is 11.8 Å². The van der Waals surface area contributed by atoms with Crippen molar-refractivity contribution in [2.45, 2.75) is 25.8 Å². The van der Waals surface area contributed by atoms with Crippen LogP contribution in [0.2, 0.25) is 0 Å². The van der Waals surface area contributed by atoms with E-state index in [4.69, 9.17) is 4.74 Å². The maximum Gasteiger partial charge on any atom is 0.165 e. The summed E-state index contributed by atoms with van der Waals surface area (Å²) in [5, 5.41) is 3.48. The summed E-state index contributed by atoms with van der Waals surface area (Å²) in [5.74, 6) is 0.00320. The van der Waals surface area contributed by atoms with E-state index < -0.39 is 0 Å². The highest BCUT2D eigenvalue weighted by molar-refractivity contribution is 5.85. The Hall–Kier alpha value is -2.07. The number of hydrogen-bond donors (Lipinski definition) is 1. The topological polar surface area (TPSA) is 24.5 Å². The fraction of sp³-hybridized carbons (Fsp3) is 0.400. The van der Waals surface area contributed by atoms with Gasteiger partial charge in [-0.05, 0) is 55.1 Å². The number of ether oxygens (including phenoxy) is 1. The van der Waals surface area contributed by atoms with Crippen LogP contribution in [0.25, 0.3) is 11.1 Å². The zero-order valence-corrected chi connectivity index (χ0v) is 14.2. The number of hydrogen-bond acceptors (Lipinski definition) is 3. The fourth-order valence-electron chi connectivity index (χ4n) is 4.11. The predicted molar refractivity (Wildman–Crippen MR) is 95.4 cm³/mol. The van der Waals surface area contributed by atoms with Crippen molar-refractivity contribution in [3.8, 4) is 16.9 Å². The zero-order valence-electron chi connectivity index (χ0n) is 14.2. The predicted octanol–water partition coefficient (Wildman–Crippen LogP) is 3.53. The van der Waals surface area contributed by atoms with Gasteiger partial charge >= 0.3 is 0 Å². The van der Waals surface area contributed by atoms with E-state index in [9.17, 15) is 4.39 Å². The third-order valence-electron chi connectivity index (χ3n) is 5.28. The molecule has 1 atom stereocenters. The molecule has 2 aliphatic rings. The van der Waals surface area contributed by atoms with Gasteiger partial charge < -0.3 is 15.0 Å². The third kappa shape index (κ3) is 2.46. The number of para-hydroxylation sites is 1. The Morgan fingerprint density at radius 3 is 2.92 bits per heavy atom. The molecule has 4 rings (SSSR count). The van der Waals surface area contributed by atoms with Gasteiger partial charge in [-0.15, -0.1) is 0 Å². The van der Waals surface area contributed by atoms with Crippen LogP contribution in [0.4, 0.5) is 10.1 Å². The zero-order chi connectivity index (χ0) is 16.7. The van der Waals surface area contributed by atoms with Crippen LogP contribution in [-0.4, -0.2) is 32.8 Å². The average molecular weight is 326 g/mol. The Morgan fingerprint density at radius 2 is 2.08 bits per heavy atom. The first-order valence-electron chi connectivity index (χ1n) is 8.63. The molecule has 0 bridgehead atoms. The van der Waals surface area contributed by atoms with Crippen molar-refractivity contribution < 1.29 is 9.13 Å². The van der Waals surface area contributed by atoms with E-state index in [0.717, 1.165) is 49.2 Å². The minimum absolute atomic E-state index is 0.303. The molecule has 2 aromatic carbocycles. The van der Waals surface area contributed by atoms with E-state index in [-0.39, 0.29) is 5.82 Å². The van der Waals surface area contributed by atoms with Gasteiger partial charge in [0.1, 0.15) is 0 Å². The molecule has 0 amide bonds. The Bertz CT molecular complexity index is 774. The van der Waals surface area contributed by atoms with Crippen LogP contribution >= 0.6 is 0 Å². The third-order valence-corrected chi connectivity index (χ3v) is 5.28. The number of aryl methyl sites for hydroxylation is 1. The van der Waals surface area contributed by atoms with Crippen LogP contribution in [0.15, 0.2) is 30.3 Å². The fourth-order valence-corrected chi connectivity index (χ4v) is 4.11. The van der Waals surface area contributed by atoms with Crippen molar-refractivity contribution in [1.29, 1.82) is 0 Å². The summed E-state index contributed by atoms with van der Waals surface area (Å²) in [7, 11) is 1.51. The monoisotopic (exact) mass is 326 g/mol. The van der Waals surface area contributed by atoms with Crippen LogP contribution < -0.4 is 15.0 Å². The normalized spacial score (nSPS) is 19.6. The molecule has 0 radical (unpaired) electrons. The lowest BCUT2D eigenvalue weighted by Gasteiger charge is -2.27. The van der Waals surface area contributed by atoms with Crippen molar-refractivity contribution >= 4 is 5.69 Å². The van der Waals surface area contributed by atoms with Crippen LogP contribution in [0, 0.1) is 12.7 Å². The van der Waals surface area contributed by atoms with Crippen molar-refractivity contribution in [3.05, 3.63) is 47.3 Å². The molecular formula is C20H23FN2O. The highest BCUT2D eigenvalue weighted by atomic mass is 19.1. The van der Waals surface area contributed by atoms with Gasteiger partial charge in [-0.3, -0.25) is 0 Å². The van der Waals surface area contributed by atoms with Crippen LogP contribution in [-0.2, 0) is 6.42 Å². The molecule has 4 heteroatoms. The second kappa shape index (κ2) is 6.10. The maximum absolute atomic E-state index is 14.3. The summed E-state index contributed by atoms with van der Waals surface area (Å²) in [4.78, 5) is 2.52. The summed E-state index contributed by atoms with van der Waals surface area (Å²) in [6.45, 7) is 5.10. The minimum Gasteiger partial charge on any atom is -0.494 e. The lowest BCUT2D eigenvalue weighted by Crippen LogP contribution is -2.33. The van der Waals surface area contributed by atoms with Gasteiger partial charge in [0.25, 0.3) is 0 Å². The number of anilines is 1. The molecule has 1 unspecified atom stereocenters. The second-order valence-corrected chi connectivity index (χ2v) is 6.70. The summed E-state index contributed by atoms with van der Waals surface area (Å²) < 4.78 is 19.4. The standard InChI is InChI=1S/C20H23FN2O/c1-13-10-19(24-2)18(21)12-17(13)16-5-3-4-14-11-15-6-7-22-8-9-23(15)20(14)16/h3-5,10,12,15,22H,6-9,11H2,1-2H3. The molecule has 0 aromatic heterocycles. The van der Waals surface area contributed by atoms with E-state index in [1.165, 1.54) is 18.4 Å². The Balaban J connectivity index is 1.84. The summed E-state index contributed by atoms with van der Waals surface area (Å²) >= 11 is 0. The van der Waals surface area contributed by atoms with Gasteiger partial charge in [0.15, 0.2) is 11.6 Å². The summed E-state index contributed by atoms with van der Waals surface area (Å²) in [6.07, 6.45) is 2.24. The van der Waals surface area contributed by atoms with E-state index in [2.05, 4.69) is 28.4 Å². The Morgan fingerprint density at radius 1 is 1.21 bits per heavy atom. The first-order valence-corrected chi connectivity index (χ1v) is 8.63. The molecule has 24 heavy (non-hydrogen) atoms.